The molecule has 0 saturated heterocycles. The predicted molar refractivity (Wildman–Crippen MR) is 68.7 cm³/mol. The molecule has 0 saturated carbocycles. The van der Waals surface area contributed by atoms with E-state index in [1.807, 2.05) is 6.92 Å². The van der Waals surface area contributed by atoms with Crippen LogP contribution >= 0.6 is 0 Å². The molecule has 2 rings (SSSR count). The molecule has 1 heterocycles. The summed E-state index contributed by atoms with van der Waals surface area (Å²) in [7, 11) is 1.53. The summed E-state index contributed by atoms with van der Waals surface area (Å²) in [5.41, 5.74) is 0.459. The number of aromatic hydroxyl groups is 1. The number of aryl methyl sites for hydroxylation is 1. The highest BCUT2D eigenvalue weighted by Crippen LogP contribution is 2.28. The van der Waals surface area contributed by atoms with Crippen molar-refractivity contribution in [2.24, 2.45) is 7.05 Å². The third-order valence-electron chi connectivity index (χ3n) is 2.87. The zero-order valence-corrected chi connectivity index (χ0v) is 10.6. The first-order valence-corrected chi connectivity index (χ1v) is 5.82. The number of ketones is 1. The second kappa shape index (κ2) is 4.77. The lowest BCUT2D eigenvalue weighted by molar-refractivity contribution is -0.124. The summed E-state index contributed by atoms with van der Waals surface area (Å²) in [6, 6.07) is 1.05. The number of anilines is 1. The van der Waals surface area contributed by atoms with Gasteiger partial charge in [0.1, 0.15) is 11.4 Å². The fourth-order valence-electron chi connectivity index (χ4n) is 1.81. The summed E-state index contributed by atoms with van der Waals surface area (Å²) in [5.74, 6) is -0.704. The van der Waals surface area contributed by atoms with Gasteiger partial charge >= 0.3 is 0 Å². The van der Waals surface area contributed by atoms with Crippen molar-refractivity contribution in [2.75, 3.05) is 11.9 Å². The van der Waals surface area contributed by atoms with Crippen molar-refractivity contribution in [1.82, 2.24) is 9.88 Å². The fraction of sp³-hybridized carbons (Fsp3) is 0.333. The van der Waals surface area contributed by atoms with Crippen LogP contribution in [0.2, 0.25) is 0 Å². The van der Waals surface area contributed by atoms with E-state index in [0.717, 1.165) is 6.07 Å². The van der Waals surface area contributed by atoms with E-state index < -0.39 is 11.9 Å². The Balaban J connectivity index is 2.34. The van der Waals surface area contributed by atoms with Gasteiger partial charge in [-0.1, -0.05) is 0 Å². The Kier molecular flexibility index (Phi) is 3.30. The van der Waals surface area contributed by atoms with Crippen LogP contribution in [0.25, 0.3) is 0 Å². The summed E-state index contributed by atoms with van der Waals surface area (Å²) in [6.07, 6.45) is 0.226. The molecule has 1 unspecified atom stereocenters. The molecule has 0 radical (unpaired) electrons. The van der Waals surface area contributed by atoms with Crippen molar-refractivity contribution in [1.29, 1.82) is 0 Å². The second-order valence-electron chi connectivity index (χ2n) is 4.23. The molecule has 1 atom stereocenters. The maximum Gasteiger partial charge on any atom is 0.254 e. The molecule has 4 N–H and O–H groups in total. The van der Waals surface area contributed by atoms with E-state index in [4.69, 9.17) is 0 Å². The number of aliphatic hydroxyl groups is 1. The molecule has 19 heavy (non-hydrogen) atoms. The molecule has 7 heteroatoms. The van der Waals surface area contributed by atoms with Gasteiger partial charge in [-0.25, -0.2) is 0 Å². The third-order valence-corrected chi connectivity index (χ3v) is 2.87. The van der Waals surface area contributed by atoms with Crippen molar-refractivity contribution in [3.63, 3.8) is 0 Å². The van der Waals surface area contributed by atoms with Crippen molar-refractivity contribution in [2.45, 2.75) is 13.0 Å². The number of likely N-dealkylation sites (N-methyl/N-ethyl adjacent to an activating group) is 1. The van der Waals surface area contributed by atoms with Gasteiger partial charge in [0, 0.05) is 25.9 Å². The van der Waals surface area contributed by atoms with Crippen molar-refractivity contribution >= 4 is 11.5 Å². The molecular weight excluding hydrogens is 250 g/mol. The SMILES string of the molecule is CCNC1=C(Nc2cn(C)c(=O)cc2O)C(=O)C1O. The first-order valence-electron chi connectivity index (χ1n) is 5.82. The quantitative estimate of drug-likeness (QED) is 0.572. The summed E-state index contributed by atoms with van der Waals surface area (Å²) < 4.78 is 1.27. The summed E-state index contributed by atoms with van der Waals surface area (Å²) in [5, 5.41) is 24.8. The number of carbonyl (C=O) groups excluding carboxylic acids is 1. The number of hydrogen-bond acceptors (Lipinski definition) is 6. The van der Waals surface area contributed by atoms with Crippen LogP contribution in [0.1, 0.15) is 6.92 Å². The number of Topliss-reactive ketones (excluding diaryl/α,β-unsaturated/α-hetero) is 1. The molecule has 1 aliphatic carbocycles. The van der Waals surface area contributed by atoms with Gasteiger partial charge in [0.15, 0.2) is 6.10 Å². The summed E-state index contributed by atoms with van der Waals surface area (Å²) in [6.45, 7) is 2.40. The van der Waals surface area contributed by atoms with Gasteiger partial charge in [0.25, 0.3) is 5.56 Å². The number of carbonyl (C=O) groups is 1. The Labute approximate surface area is 109 Å². The number of aliphatic hydroxyl groups excluding tert-OH is 1. The van der Waals surface area contributed by atoms with Gasteiger partial charge < -0.3 is 25.4 Å². The highest BCUT2D eigenvalue weighted by atomic mass is 16.3. The van der Waals surface area contributed by atoms with E-state index >= 15 is 0 Å². The Morgan fingerprint density at radius 3 is 2.74 bits per heavy atom. The van der Waals surface area contributed by atoms with Crippen LogP contribution in [0.5, 0.6) is 5.75 Å². The first-order chi connectivity index (χ1) is 8.95. The normalized spacial score (nSPS) is 18.3. The van der Waals surface area contributed by atoms with Crippen LogP contribution in [0, 0.1) is 0 Å². The number of hydrogen-bond donors (Lipinski definition) is 4. The largest absolute Gasteiger partial charge is 0.506 e. The molecule has 0 fully saturated rings. The first kappa shape index (κ1) is 13.2. The van der Waals surface area contributed by atoms with E-state index in [1.54, 1.807) is 0 Å². The Bertz CT molecular complexity index is 618. The summed E-state index contributed by atoms with van der Waals surface area (Å²) in [4.78, 5) is 22.8. The lowest BCUT2D eigenvalue weighted by atomic mass is 9.95. The lowest BCUT2D eigenvalue weighted by Gasteiger charge is -2.29. The highest BCUT2D eigenvalue weighted by molar-refractivity contribution is 6.10. The van der Waals surface area contributed by atoms with Crippen LogP contribution in [-0.2, 0) is 11.8 Å². The monoisotopic (exact) mass is 265 g/mol. The van der Waals surface area contributed by atoms with Crippen LogP contribution in [0.15, 0.2) is 28.5 Å². The number of rotatable bonds is 4. The minimum atomic E-state index is -1.16. The van der Waals surface area contributed by atoms with Gasteiger partial charge in [0.05, 0.1) is 11.4 Å². The number of nitrogens with zero attached hydrogens (tertiary/aromatic N) is 1. The number of aromatic nitrogens is 1. The average Bonchev–Trinajstić information content (AvgIpc) is 2.38. The predicted octanol–water partition coefficient (Wildman–Crippen LogP) is -0.733. The smallest absolute Gasteiger partial charge is 0.254 e. The van der Waals surface area contributed by atoms with Crippen molar-refractivity contribution in [3.05, 3.63) is 34.0 Å². The average molecular weight is 265 g/mol. The Morgan fingerprint density at radius 1 is 1.42 bits per heavy atom. The maximum absolute atomic E-state index is 11.6. The Morgan fingerprint density at radius 2 is 2.11 bits per heavy atom. The lowest BCUT2D eigenvalue weighted by Crippen LogP contribution is -2.45. The molecular formula is C12H15N3O4. The molecule has 0 bridgehead atoms. The van der Waals surface area contributed by atoms with E-state index in [-0.39, 0.29) is 22.7 Å². The standard InChI is InChI=1S/C12H15N3O4/c1-3-13-9-10(12(19)11(9)18)14-6-5-15(2)8(17)4-7(6)16/h4-5,11,13-14,16,18H,3H2,1-2H3. The van der Waals surface area contributed by atoms with Gasteiger partial charge in [-0.05, 0) is 6.92 Å². The molecule has 102 valence electrons. The van der Waals surface area contributed by atoms with Crippen LogP contribution in [0.3, 0.4) is 0 Å². The number of nitrogens with one attached hydrogen (secondary N) is 2. The van der Waals surface area contributed by atoms with Crippen LogP contribution in [-0.4, -0.2) is 33.2 Å². The zero-order chi connectivity index (χ0) is 14.2. The van der Waals surface area contributed by atoms with E-state index in [0.29, 0.717) is 12.2 Å². The van der Waals surface area contributed by atoms with Crippen LogP contribution < -0.4 is 16.2 Å². The molecule has 1 aromatic heterocycles. The fourth-order valence-corrected chi connectivity index (χ4v) is 1.81. The highest BCUT2D eigenvalue weighted by Gasteiger charge is 2.38. The maximum atomic E-state index is 11.6. The Hall–Kier alpha value is -2.28. The molecule has 0 amide bonds. The van der Waals surface area contributed by atoms with Crippen LogP contribution in [0.4, 0.5) is 5.69 Å². The molecule has 0 spiro atoms. The van der Waals surface area contributed by atoms with Gasteiger partial charge in [-0.15, -0.1) is 0 Å². The molecule has 0 aromatic carbocycles. The van der Waals surface area contributed by atoms with Gasteiger partial charge in [-0.2, -0.15) is 0 Å². The topological polar surface area (TPSA) is 104 Å². The number of pyridine rings is 1. The van der Waals surface area contributed by atoms with E-state index in [2.05, 4.69) is 10.6 Å². The van der Waals surface area contributed by atoms with Gasteiger partial charge in [-0.3, -0.25) is 9.59 Å². The van der Waals surface area contributed by atoms with Gasteiger partial charge in [0.2, 0.25) is 5.78 Å². The minimum Gasteiger partial charge on any atom is -0.506 e. The molecule has 7 nitrogen and oxygen atoms in total. The van der Waals surface area contributed by atoms with E-state index in [9.17, 15) is 19.8 Å². The minimum absolute atomic E-state index is 0.197. The summed E-state index contributed by atoms with van der Waals surface area (Å²) >= 11 is 0. The third kappa shape index (κ3) is 2.19. The second-order valence-corrected chi connectivity index (χ2v) is 4.23. The molecule has 1 aromatic rings. The zero-order valence-electron chi connectivity index (χ0n) is 10.6. The van der Waals surface area contributed by atoms with Crippen molar-refractivity contribution < 1.29 is 15.0 Å². The van der Waals surface area contributed by atoms with Crippen molar-refractivity contribution in [3.8, 4) is 5.75 Å². The van der Waals surface area contributed by atoms with E-state index in [1.165, 1.54) is 17.8 Å². The molecule has 1 aliphatic rings. The molecule has 0 aliphatic heterocycles.